The Bertz CT molecular complexity index is 616. The van der Waals surface area contributed by atoms with E-state index in [9.17, 15) is 4.79 Å². The topological polar surface area (TPSA) is 53.4 Å². The van der Waals surface area contributed by atoms with E-state index in [0.717, 1.165) is 35.4 Å². The average Bonchev–Trinajstić information content (AvgIpc) is 2.96. The third-order valence-electron chi connectivity index (χ3n) is 2.62. The van der Waals surface area contributed by atoms with Crippen molar-refractivity contribution >= 4 is 34.7 Å². The molecule has 0 atom stereocenters. The quantitative estimate of drug-likeness (QED) is 0.832. The monoisotopic (exact) mass is 308 g/mol. The fourth-order valence-electron chi connectivity index (χ4n) is 1.81. The van der Waals surface area contributed by atoms with Crippen molar-refractivity contribution in [2.75, 3.05) is 7.05 Å². The number of carboxylic acids is 1. The predicted octanol–water partition coefficient (Wildman–Crippen LogP) is 3.24. The van der Waals surface area contributed by atoms with Gasteiger partial charge in [-0.2, -0.15) is 0 Å². The Kier molecular flexibility index (Phi) is 5.05. The zero-order valence-corrected chi connectivity index (χ0v) is 13.0. The van der Waals surface area contributed by atoms with Crippen LogP contribution in [0.4, 0.5) is 0 Å². The first-order valence-corrected chi connectivity index (χ1v) is 7.87. The number of rotatable bonds is 6. The minimum absolute atomic E-state index is 0.822. The maximum Gasteiger partial charge on any atom is 0.328 e. The molecule has 0 aliphatic carbocycles. The summed E-state index contributed by atoms with van der Waals surface area (Å²) < 4.78 is 0. The van der Waals surface area contributed by atoms with Gasteiger partial charge in [-0.05, 0) is 37.1 Å². The van der Waals surface area contributed by atoms with Crippen molar-refractivity contribution in [3.05, 3.63) is 44.0 Å². The van der Waals surface area contributed by atoms with Crippen molar-refractivity contribution in [2.45, 2.75) is 20.0 Å². The number of aryl methyl sites for hydroxylation is 1. The molecule has 20 heavy (non-hydrogen) atoms. The van der Waals surface area contributed by atoms with Crippen molar-refractivity contribution in [1.29, 1.82) is 0 Å². The van der Waals surface area contributed by atoms with Crippen LogP contribution in [-0.2, 0) is 17.9 Å². The van der Waals surface area contributed by atoms with Gasteiger partial charge in [0.05, 0.1) is 10.7 Å². The van der Waals surface area contributed by atoms with Gasteiger partial charge < -0.3 is 5.11 Å². The van der Waals surface area contributed by atoms with E-state index in [1.165, 1.54) is 4.88 Å². The molecule has 4 nitrogen and oxygen atoms in total. The molecule has 0 fully saturated rings. The van der Waals surface area contributed by atoms with E-state index in [0.29, 0.717) is 0 Å². The number of nitrogens with zero attached hydrogens (tertiary/aromatic N) is 2. The van der Waals surface area contributed by atoms with E-state index in [1.54, 1.807) is 28.7 Å². The number of aliphatic carboxylic acids is 1. The summed E-state index contributed by atoms with van der Waals surface area (Å²) >= 11 is 3.31. The summed E-state index contributed by atoms with van der Waals surface area (Å²) in [5.74, 6) is -0.922. The summed E-state index contributed by atoms with van der Waals surface area (Å²) in [5.41, 5.74) is 2.03. The molecule has 0 saturated carbocycles. The third kappa shape index (κ3) is 4.56. The zero-order chi connectivity index (χ0) is 14.5. The van der Waals surface area contributed by atoms with Crippen molar-refractivity contribution in [3.63, 3.8) is 0 Å². The van der Waals surface area contributed by atoms with Crippen LogP contribution in [0.15, 0.2) is 22.9 Å². The van der Waals surface area contributed by atoms with Crippen LogP contribution in [0.25, 0.3) is 6.08 Å². The van der Waals surface area contributed by atoms with Crippen molar-refractivity contribution < 1.29 is 9.90 Å². The average molecular weight is 308 g/mol. The summed E-state index contributed by atoms with van der Waals surface area (Å²) in [7, 11) is 2.06. The first kappa shape index (κ1) is 14.9. The molecule has 0 aliphatic rings. The molecule has 2 aromatic rings. The summed E-state index contributed by atoms with van der Waals surface area (Å²) in [6, 6.07) is 2.02. The van der Waals surface area contributed by atoms with E-state index in [2.05, 4.69) is 22.3 Å². The maximum absolute atomic E-state index is 10.5. The van der Waals surface area contributed by atoms with Gasteiger partial charge in [0.15, 0.2) is 0 Å². The Balaban J connectivity index is 1.91. The first-order valence-electron chi connectivity index (χ1n) is 6.11. The minimum atomic E-state index is -0.922. The smallest absolute Gasteiger partial charge is 0.328 e. The molecule has 0 bridgehead atoms. The number of thiophene rings is 1. The number of carbonyl (C=O) groups is 1. The van der Waals surface area contributed by atoms with Crippen LogP contribution in [0.1, 0.15) is 21.1 Å². The molecule has 0 aliphatic heterocycles. The maximum atomic E-state index is 10.5. The molecular formula is C14H16N2O2S2. The molecule has 0 saturated heterocycles. The lowest BCUT2D eigenvalue weighted by molar-refractivity contribution is -0.131. The predicted molar refractivity (Wildman–Crippen MR) is 83.0 cm³/mol. The summed E-state index contributed by atoms with van der Waals surface area (Å²) in [5, 5.41) is 13.7. The molecule has 0 amide bonds. The molecule has 2 heterocycles. The minimum Gasteiger partial charge on any atom is -0.478 e. The van der Waals surface area contributed by atoms with E-state index in [1.807, 2.05) is 18.4 Å². The molecule has 0 unspecified atom stereocenters. The van der Waals surface area contributed by atoms with Crippen LogP contribution < -0.4 is 0 Å². The molecule has 0 radical (unpaired) electrons. The van der Waals surface area contributed by atoms with Gasteiger partial charge in [-0.25, -0.2) is 9.78 Å². The second kappa shape index (κ2) is 6.78. The molecule has 0 aromatic carbocycles. The highest BCUT2D eigenvalue weighted by atomic mass is 32.1. The van der Waals surface area contributed by atoms with Crippen LogP contribution >= 0.6 is 22.7 Å². The molecule has 1 N–H and O–H groups in total. The number of aromatic nitrogens is 1. The lowest BCUT2D eigenvalue weighted by atomic mass is 10.3. The normalized spacial score (nSPS) is 11.6. The standard InChI is InChI=1S/C14H16N2O2S2/c1-10-15-12(9-19-10)6-16(2)7-13-5-11(8-20-13)3-4-14(17)18/h3-5,8-9H,6-7H2,1-2H3,(H,17,18). The van der Waals surface area contributed by atoms with Crippen molar-refractivity contribution in [1.82, 2.24) is 9.88 Å². The number of hydrogen-bond acceptors (Lipinski definition) is 5. The zero-order valence-electron chi connectivity index (χ0n) is 11.4. The highest BCUT2D eigenvalue weighted by Crippen LogP contribution is 2.19. The van der Waals surface area contributed by atoms with Gasteiger partial charge in [0.1, 0.15) is 0 Å². The van der Waals surface area contributed by atoms with Crippen LogP contribution in [-0.4, -0.2) is 28.0 Å². The molecule has 106 valence electrons. The van der Waals surface area contributed by atoms with Gasteiger partial charge in [-0.3, -0.25) is 4.90 Å². The van der Waals surface area contributed by atoms with Gasteiger partial charge >= 0.3 is 5.97 Å². The lowest BCUT2D eigenvalue weighted by Crippen LogP contribution is -2.16. The summed E-state index contributed by atoms with van der Waals surface area (Å²) in [6.45, 7) is 3.67. The molecular weight excluding hydrogens is 292 g/mol. The third-order valence-corrected chi connectivity index (χ3v) is 4.38. The van der Waals surface area contributed by atoms with Crippen LogP contribution in [0.5, 0.6) is 0 Å². The molecule has 6 heteroatoms. The van der Waals surface area contributed by atoms with Crippen molar-refractivity contribution in [3.8, 4) is 0 Å². The van der Waals surface area contributed by atoms with Gasteiger partial charge in [-0.1, -0.05) is 0 Å². The number of hydrogen-bond donors (Lipinski definition) is 1. The number of carboxylic acid groups (broad SMARTS) is 1. The van der Waals surface area contributed by atoms with E-state index < -0.39 is 5.97 Å². The fourth-order valence-corrected chi connectivity index (χ4v) is 3.35. The number of thiazole rings is 1. The van der Waals surface area contributed by atoms with Crippen LogP contribution in [0.3, 0.4) is 0 Å². The van der Waals surface area contributed by atoms with Gasteiger partial charge in [0.25, 0.3) is 0 Å². The Morgan fingerprint density at radius 2 is 2.20 bits per heavy atom. The largest absolute Gasteiger partial charge is 0.478 e. The van der Waals surface area contributed by atoms with Gasteiger partial charge in [0, 0.05) is 29.4 Å². The van der Waals surface area contributed by atoms with E-state index in [4.69, 9.17) is 5.11 Å². The first-order chi connectivity index (χ1) is 9.52. The van der Waals surface area contributed by atoms with Crippen molar-refractivity contribution in [2.24, 2.45) is 0 Å². The Hall–Kier alpha value is -1.50. The molecule has 2 rings (SSSR count). The van der Waals surface area contributed by atoms with Crippen LogP contribution in [0.2, 0.25) is 0 Å². The van der Waals surface area contributed by atoms with Crippen LogP contribution in [0, 0.1) is 6.92 Å². The van der Waals surface area contributed by atoms with E-state index in [-0.39, 0.29) is 0 Å². The Morgan fingerprint density at radius 1 is 1.40 bits per heavy atom. The van der Waals surface area contributed by atoms with Gasteiger partial charge in [0.2, 0.25) is 0 Å². The highest BCUT2D eigenvalue weighted by Gasteiger charge is 2.06. The summed E-state index contributed by atoms with van der Waals surface area (Å²) in [6.07, 6.45) is 2.78. The molecule has 0 spiro atoms. The molecule has 2 aromatic heterocycles. The fraction of sp³-hybridized carbons (Fsp3) is 0.286. The highest BCUT2D eigenvalue weighted by molar-refractivity contribution is 7.10. The Labute approximate surface area is 126 Å². The lowest BCUT2D eigenvalue weighted by Gasteiger charge is -2.13. The summed E-state index contributed by atoms with van der Waals surface area (Å²) in [4.78, 5) is 18.3. The second-order valence-corrected chi connectivity index (χ2v) is 6.61. The van der Waals surface area contributed by atoms with E-state index >= 15 is 0 Å². The van der Waals surface area contributed by atoms with Gasteiger partial charge in [-0.15, -0.1) is 22.7 Å². The Morgan fingerprint density at radius 3 is 2.85 bits per heavy atom. The SMILES string of the molecule is Cc1nc(CN(C)Cc2cc(C=CC(=O)O)cs2)cs1. The second-order valence-electron chi connectivity index (χ2n) is 4.55.